The number of aryl methyl sites for hydroxylation is 1. The van der Waals surface area contributed by atoms with Crippen molar-refractivity contribution in [3.05, 3.63) is 30.1 Å². The lowest BCUT2D eigenvalue weighted by Gasteiger charge is -1.82. The molecule has 0 bridgehead atoms. The van der Waals surface area contributed by atoms with E-state index >= 15 is 0 Å². The fraction of sp³-hybridized carbons (Fsp3) is 0.167. The van der Waals surface area contributed by atoms with E-state index in [9.17, 15) is 0 Å². The third kappa shape index (κ3) is 1.78. The number of nitrogens with zero attached hydrogens (tertiary/aromatic N) is 1. The molecule has 0 aromatic carbocycles. The zero-order chi connectivity index (χ0) is 5.11. The highest BCUT2D eigenvalue weighted by Gasteiger charge is 1.73. The van der Waals surface area contributed by atoms with Crippen molar-refractivity contribution < 1.29 is 0 Å². The summed E-state index contributed by atoms with van der Waals surface area (Å²) < 4.78 is 0. The Hall–Kier alpha value is -0.785. The molecule has 0 atom stereocenters. The second-order valence-electron chi connectivity index (χ2n) is 1.53. The minimum Gasteiger partial charge on any atom is -0.264 e. The number of pyridine rings is 1. The minimum atomic E-state index is 0. The average Bonchev–Trinajstić information content (AvgIpc) is 1.69. The molecule has 1 nitrogen and oxygen atoms in total. The number of rotatable bonds is 0. The summed E-state index contributed by atoms with van der Waals surface area (Å²) in [6.45, 7) is 2.02. The summed E-state index contributed by atoms with van der Waals surface area (Å²) in [6.07, 6.45) is 3.60. The van der Waals surface area contributed by atoms with E-state index in [-0.39, 0.29) is 8.41 Å². The molecular formula is C6H7BN. The van der Waals surface area contributed by atoms with E-state index in [1.54, 1.807) is 6.20 Å². The van der Waals surface area contributed by atoms with Crippen molar-refractivity contribution in [1.29, 1.82) is 0 Å². The molecule has 0 spiro atoms. The summed E-state index contributed by atoms with van der Waals surface area (Å²) in [7, 11) is 0. The topological polar surface area (TPSA) is 12.9 Å². The molecule has 0 aliphatic rings. The largest absolute Gasteiger partial charge is 0.264 e. The molecule has 1 aromatic rings. The molecule has 1 heterocycles. The maximum Gasteiger partial charge on any atom is 0.0297 e. The molecule has 0 unspecified atom stereocenters. The molecule has 0 saturated carbocycles. The van der Waals surface area contributed by atoms with E-state index in [1.165, 1.54) is 5.56 Å². The molecule has 0 N–H and O–H groups in total. The maximum absolute atomic E-state index is 3.88. The number of hydrogen-bond acceptors (Lipinski definition) is 1. The zero-order valence-corrected chi connectivity index (χ0v) is 4.83. The lowest BCUT2D eigenvalue weighted by atomic mass is 10.3. The normalized spacial score (nSPS) is 7.62. The molecule has 0 aliphatic carbocycles. The first-order valence-corrected chi connectivity index (χ1v) is 2.26. The third-order valence-corrected chi connectivity index (χ3v) is 0.809. The van der Waals surface area contributed by atoms with Crippen LogP contribution in [0, 0.1) is 6.92 Å². The van der Waals surface area contributed by atoms with Crippen molar-refractivity contribution in [3.63, 3.8) is 0 Å². The van der Waals surface area contributed by atoms with Crippen molar-refractivity contribution in [1.82, 2.24) is 4.98 Å². The number of aromatic nitrogens is 1. The molecule has 1 aromatic heterocycles. The van der Waals surface area contributed by atoms with Crippen molar-refractivity contribution in [3.8, 4) is 0 Å². The third-order valence-electron chi connectivity index (χ3n) is 0.809. The van der Waals surface area contributed by atoms with Crippen molar-refractivity contribution in [2.75, 3.05) is 0 Å². The van der Waals surface area contributed by atoms with E-state index in [0.29, 0.717) is 0 Å². The van der Waals surface area contributed by atoms with Crippen LogP contribution >= 0.6 is 0 Å². The summed E-state index contributed by atoms with van der Waals surface area (Å²) in [5.74, 6) is 0. The Morgan fingerprint density at radius 3 is 2.50 bits per heavy atom. The first kappa shape index (κ1) is 7.21. The smallest absolute Gasteiger partial charge is 0.0297 e. The molecule has 1 rings (SSSR count). The molecule has 0 saturated heterocycles. The first-order valence-electron chi connectivity index (χ1n) is 2.26. The predicted octanol–water partition coefficient (Wildman–Crippen LogP) is 1.01. The van der Waals surface area contributed by atoms with E-state index in [4.69, 9.17) is 0 Å². The summed E-state index contributed by atoms with van der Waals surface area (Å²) in [4.78, 5) is 3.88. The lowest BCUT2D eigenvalue weighted by molar-refractivity contribution is 1.27. The predicted molar refractivity (Wildman–Crippen MR) is 34.7 cm³/mol. The fourth-order valence-corrected chi connectivity index (χ4v) is 0.448. The lowest BCUT2D eigenvalue weighted by Crippen LogP contribution is -1.69. The summed E-state index contributed by atoms with van der Waals surface area (Å²) in [6, 6.07) is 3.95. The van der Waals surface area contributed by atoms with Crippen molar-refractivity contribution in [2.24, 2.45) is 0 Å². The van der Waals surface area contributed by atoms with Crippen LogP contribution in [0.2, 0.25) is 0 Å². The van der Waals surface area contributed by atoms with Gasteiger partial charge in [-0.1, -0.05) is 6.07 Å². The van der Waals surface area contributed by atoms with Crippen LogP contribution in [0.3, 0.4) is 0 Å². The first-order chi connectivity index (χ1) is 3.39. The monoisotopic (exact) mass is 104 g/mol. The highest BCUT2D eigenvalue weighted by Crippen LogP contribution is 1.88. The molecule has 0 amide bonds. The second-order valence-corrected chi connectivity index (χ2v) is 1.53. The average molecular weight is 104 g/mol. The quantitative estimate of drug-likeness (QED) is 0.447. The van der Waals surface area contributed by atoms with E-state index in [1.807, 2.05) is 25.3 Å². The van der Waals surface area contributed by atoms with Crippen LogP contribution < -0.4 is 0 Å². The Morgan fingerprint density at radius 2 is 2.25 bits per heavy atom. The Balaban J connectivity index is 0.000000490. The van der Waals surface area contributed by atoms with Gasteiger partial charge in [-0.05, 0) is 18.6 Å². The molecular weight excluding hydrogens is 96.9 g/mol. The maximum atomic E-state index is 3.88. The standard InChI is InChI=1S/C6H7N.B/c1-6-3-2-4-7-5-6;/h2-5H,1H3;. The van der Waals surface area contributed by atoms with Crippen molar-refractivity contribution in [2.45, 2.75) is 6.92 Å². The van der Waals surface area contributed by atoms with Gasteiger partial charge in [-0.15, -0.1) is 0 Å². The van der Waals surface area contributed by atoms with Crippen LogP contribution in [0.1, 0.15) is 5.56 Å². The van der Waals surface area contributed by atoms with Crippen molar-refractivity contribution >= 4 is 8.41 Å². The van der Waals surface area contributed by atoms with Gasteiger partial charge in [0.2, 0.25) is 0 Å². The van der Waals surface area contributed by atoms with Gasteiger partial charge in [-0.25, -0.2) is 0 Å². The van der Waals surface area contributed by atoms with Crippen LogP contribution in [0.25, 0.3) is 0 Å². The number of hydrogen-bond donors (Lipinski definition) is 0. The van der Waals surface area contributed by atoms with E-state index < -0.39 is 0 Å². The summed E-state index contributed by atoms with van der Waals surface area (Å²) >= 11 is 0. The van der Waals surface area contributed by atoms with Gasteiger partial charge >= 0.3 is 0 Å². The molecule has 2 heteroatoms. The van der Waals surface area contributed by atoms with Gasteiger partial charge in [0.05, 0.1) is 0 Å². The van der Waals surface area contributed by atoms with Gasteiger partial charge in [0.25, 0.3) is 0 Å². The van der Waals surface area contributed by atoms with Crippen LogP contribution in [0.5, 0.6) is 0 Å². The minimum absolute atomic E-state index is 0. The fourth-order valence-electron chi connectivity index (χ4n) is 0.448. The van der Waals surface area contributed by atoms with Crippen LogP contribution in [0.15, 0.2) is 24.5 Å². The molecule has 39 valence electrons. The summed E-state index contributed by atoms with van der Waals surface area (Å²) in [5, 5.41) is 0. The van der Waals surface area contributed by atoms with E-state index in [2.05, 4.69) is 4.98 Å². The van der Waals surface area contributed by atoms with Gasteiger partial charge < -0.3 is 0 Å². The van der Waals surface area contributed by atoms with Gasteiger partial charge in [0.15, 0.2) is 0 Å². The SMILES string of the molecule is Cc1cccnc1.[B]. The zero-order valence-electron chi connectivity index (χ0n) is 4.83. The van der Waals surface area contributed by atoms with Crippen LogP contribution in [-0.4, -0.2) is 13.4 Å². The molecule has 8 heavy (non-hydrogen) atoms. The Kier molecular flexibility index (Phi) is 2.93. The highest BCUT2D eigenvalue weighted by molar-refractivity contribution is 5.75. The van der Waals surface area contributed by atoms with E-state index in [0.717, 1.165) is 0 Å². The molecule has 0 fully saturated rings. The van der Waals surface area contributed by atoms with Crippen LogP contribution in [-0.2, 0) is 0 Å². The highest BCUT2D eigenvalue weighted by atomic mass is 14.6. The Bertz CT molecular complexity index is 138. The molecule has 3 radical (unpaired) electrons. The Morgan fingerprint density at radius 1 is 1.50 bits per heavy atom. The van der Waals surface area contributed by atoms with Gasteiger partial charge in [-0.3, -0.25) is 4.98 Å². The second kappa shape index (κ2) is 3.25. The van der Waals surface area contributed by atoms with Gasteiger partial charge in [-0.2, -0.15) is 0 Å². The summed E-state index contributed by atoms with van der Waals surface area (Å²) in [5.41, 5.74) is 1.21. The molecule has 0 aliphatic heterocycles. The Labute approximate surface area is 51.3 Å². The van der Waals surface area contributed by atoms with Gasteiger partial charge in [0.1, 0.15) is 0 Å². The van der Waals surface area contributed by atoms with Crippen LogP contribution in [0.4, 0.5) is 0 Å². The van der Waals surface area contributed by atoms with Gasteiger partial charge in [0, 0.05) is 20.8 Å².